The van der Waals surface area contributed by atoms with Crippen LogP contribution in [-0.4, -0.2) is 35.9 Å². The van der Waals surface area contributed by atoms with Gasteiger partial charge in [-0.2, -0.15) is 0 Å². The lowest BCUT2D eigenvalue weighted by molar-refractivity contribution is 0.157. The van der Waals surface area contributed by atoms with Crippen molar-refractivity contribution in [1.29, 1.82) is 0 Å². The summed E-state index contributed by atoms with van der Waals surface area (Å²) in [6.07, 6.45) is 0.188. The summed E-state index contributed by atoms with van der Waals surface area (Å²) < 4.78 is 4.89. The van der Waals surface area contributed by atoms with E-state index in [0.717, 1.165) is 11.1 Å². The van der Waals surface area contributed by atoms with Crippen molar-refractivity contribution in [1.82, 2.24) is 4.90 Å². The first-order valence-electron chi connectivity index (χ1n) is 5.90. The minimum Gasteiger partial charge on any atom is -0.448 e. The van der Waals surface area contributed by atoms with Gasteiger partial charge in [-0.3, -0.25) is 0 Å². The highest BCUT2D eigenvalue weighted by atomic mass is 16.6. The van der Waals surface area contributed by atoms with Crippen molar-refractivity contribution in [2.75, 3.05) is 19.8 Å². The Kier molecular flexibility index (Phi) is 4.21. The third-order valence-electron chi connectivity index (χ3n) is 2.68. The Morgan fingerprint density at radius 2 is 2.22 bits per heavy atom. The standard InChI is InChI=1S/C14H15NO3/c16-9-4-3-6-12-5-1-2-7-13(12)11-15-8-10-18-14(15)17/h1-2,5,7,16H,4,8-11H2. The second-order valence-corrected chi connectivity index (χ2v) is 3.97. The summed E-state index contributed by atoms with van der Waals surface area (Å²) >= 11 is 0. The van der Waals surface area contributed by atoms with E-state index in [1.807, 2.05) is 24.3 Å². The molecule has 2 rings (SSSR count). The number of amides is 1. The van der Waals surface area contributed by atoms with Crippen LogP contribution >= 0.6 is 0 Å². The fourth-order valence-electron chi connectivity index (χ4n) is 1.77. The van der Waals surface area contributed by atoms with Crippen molar-refractivity contribution in [2.24, 2.45) is 0 Å². The Hall–Kier alpha value is -1.99. The van der Waals surface area contributed by atoms with Crippen molar-refractivity contribution < 1.29 is 14.6 Å². The van der Waals surface area contributed by atoms with Gasteiger partial charge in [0.25, 0.3) is 0 Å². The highest BCUT2D eigenvalue weighted by molar-refractivity contribution is 5.69. The number of nitrogens with zero attached hydrogens (tertiary/aromatic N) is 1. The Morgan fingerprint density at radius 3 is 2.94 bits per heavy atom. The van der Waals surface area contributed by atoms with Gasteiger partial charge < -0.3 is 14.7 Å². The number of hydrogen-bond donors (Lipinski definition) is 1. The summed E-state index contributed by atoms with van der Waals surface area (Å²) in [7, 11) is 0. The molecule has 18 heavy (non-hydrogen) atoms. The molecule has 1 aromatic carbocycles. The summed E-state index contributed by atoms with van der Waals surface area (Å²) in [5.41, 5.74) is 1.90. The molecule has 1 N–H and O–H groups in total. The van der Waals surface area contributed by atoms with E-state index >= 15 is 0 Å². The number of ether oxygens (including phenoxy) is 1. The van der Waals surface area contributed by atoms with Crippen LogP contribution in [0.25, 0.3) is 0 Å². The van der Waals surface area contributed by atoms with Crippen LogP contribution in [0.3, 0.4) is 0 Å². The Labute approximate surface area is 106 Å². The highest BCUT2D eigenvalue weighted by Crippen LogP contribution is 2.14. The van der Waals surface area contributed by atoms with Crippen molar-refractivity contribution in [3.05, 3.63) is 35.4 Å². The number of aliphatic hydroxyl groups excluding tert-OH is 1. The van der Waals surface area contributed by atoms with E-state index in [0.29, 0.717) is 26.1 Å². The molecule has 0 aromatic heterocycles. The van der Waals surface area contributed by atoms with E-state index in [1.54, 1.807) is 4.90 Å². The van der Waals surface area contributed by atoms with Crippen LogP contribution in [0.15, 0.2) is 24.3 Å². The van der Waals surface area contributed by atoms with E-state index in [1.165, 1.54) is 0 Å². The zero-order chi connectivity index (χ0) is 12.8. The molecule has 0 aliphatic carbocycles. The van der Waals surface area contributed by atoms with Crippen LogP contribution < -0.4 is 0 Å². The molecule has 0 atom stereocenters. The van der Waals surface area contributed by atoms with Crippen LogP contribution in [-0.2, 0) is 11.3 Å². The first-order valence-corrected chi connectivity index (χ1v) is 5.90. The first kappa shape index (κ1) is 12.5. The van der Waals surface area contributed by atoms with Gasteiger partial charge in [-0.1, -0.05) is 30.0 Å². The average molecular weight is 245 g/mol. The molecule has 1 fully saturated rings. The number of carbonyl (C=O) groups is 1. The van der Waals surface area contributed by atoms with Crippen LogP contribution in [0.1, 0.15) is 17.5 Å². The number of hydrogen-bond acceptors (Lipinski definition) is 3. The smallest absolute Gasteiger partial charge is 0.410 e. The fraction of sp³-hybridized carbons (Fsp3) is 0.357. The van der Waals surface area contributed by atoms with E-state index in [9.17, 15) is 4.79 Å². The second kappa shape index (κ2) is 6.08. The Balaban J connectivity index is 2.12. The van der Waals surface area contributed by atoms with Crippen molar-refractivity contribution >= 4 is 6.09 Å². The minimum absolute atomic E-state index is 0.0631. The maximum Gasteiger partial charge on any atom is 0.410 e. The molecular formula is C14H15NO3. The van der Waals surface area contributed by atoms with Gasteiger partial charge in [0.1, 0.15) is 6.61 Å². The largest absolute Gasteiger partial charge is 0.448 e. The maximum absolute atomic E-state index is 11.4. The van der Waals surface area contributed by atoms with Crippen LogP contribution in [0.2, 0.25) is 0 Å². The van der Waals surface area contributed by atoms with Gasteiger partial charge in [0, 0.05) is 12.0 Å². The molecule has 1 aliphatic rings. The first-order chi connectivity index (χ1) is 8.81. The topological polar surface area (TPSA) is 49.8 Å². The molecule has 0 unspecified atom stereocenters. The third kappa shape index (κ3) is 3.02. The maximum atomic E-state index is 11.4. The number of carbonyl (C=O) groups excluding carboxylic acids is 1. The zero-order valence-corrected chi connectivity index (χ0v) is 10.1. The lowest BCUT2D eigenvalue weighted by Gasteiger charge is -2.13. The van der Waals surface area contributed by atoms with Gasteiger partial charge in [0.15, 0.2) is 0 Å². The lowest BCUT2D eigenvalue weighted by Crippen LogP contribution is -2.23. The summed E-state index contributed by atoms with van der Waals surface area (Å²) in [6.45, 7) is 1.66. The second-order valence-electron chi connectivity index (χ2n) is 3.97. The predicted molar refractivity (Wildman–Crippen MR) is 66.8 cm³/mol. The normalized spacial score (nSPS) is 14.1. The summed E-state index contributed by atoms with van der Waals surface area (Å²) in [4.78, 5) is 13.0. The molecule has 4 nitrogen and oxygen atoms in total. The van der Waals surface area contributed by atoms with Gasteiger partial charge >= 0.3 is 6.09 Å². The SMILES string of the molecule is O=C1OCCN1Cc1ccccc1C#CCCO. The molecule has 1 amide bonds. The number of cyclic esters (lactones) is 1. The van der Waals surface area contributed by atoms with Crippen molar-refractivity contribution in [3.63, 3.8) is 0 Å². The van der Waals surface area contributed by atoms with Gasteiger partial charge in [0.05, 0.1) is 19.7 Å². The molecule has 1 aliphatic heterocycles. The van der Waals surface area contributed by atoms with Gasteiger partial charge in [0.2, 0.25) is 0 Å². The van der Waals surface area contributed by atoms with Crippen LogP contribution in [0, 0.1) is 11.8 Å². The molecule has 0 bridgehead atoms. The monoisotopic (exact) mass is 245 g/mol. The van der Waals surface area contributed by atoms with Gasteiger partial charge in [-0.25, -0.2) is 4.79 Å². The molecule has 0 radical (unpaired) electrons. The number of aliphatic hydroxyl groups is 1. The van der Waals surface area contributed by atoms with Gasteiger partial charge in [-0.05, 0) is 11.6 Å². The van der Waals surface area contributed by atoms with E-state index in [2.05, 4.69) is 11.8 Å². The predicted octanol–water partition coefficient (Wildman–Crippen LogP) is 1.37. The molecule has 1 heterocycles. The van der Waals surface area contributed by atoms with E-state index < -0.39 is 0 Å². The number of benzene rings is 1. The molecular weight excluding hydrogens is 230 g/mol. The Morgan fingerprint density at radius 1 is 1.39 bits per heavy atom. The summed E-state index contributed by atoms with van der Waals surface area (Å²) in [5, 5.41) is 8.71. The molecule has 1 aromatic rings. The molecule has 0 saturated carbocycles. The third-order valence-corrected chi connectivity index (χ3v) is 2.68. The molecule has 0 spiro atoms. The Bertz CT molecular complexity index is 487. The van der Waals surface area contributed by atoms with E-state index in [4.69, 9.17) is 9.84 Å². The summed E-state index contributed by atoms with van der Waals surface area (Å²) in [5.74, 6) is 5.91. The quantitative estimate of drug-likeness (QED) is 0.818. The minimum atomic E-state index is -0.270. The average Bonchev–Trinajstić information content (AvgIpc) is 2.78. The van der Waals surface area contributed by atoms with Crippen molar-refractivity contribution in [2.45, 2.75) is 13.0 Å². The molecule has 4 heteroatoms. The van der Waals surface area contributed by atoms with Crippen molar-refractivity contribution in [3.8, 4) is 11.8 Å². The zero-order valence-electron chi connectivity index (χ0n) is 10.1. The van der Waals surface area contributed by atoms with Gasteiger partial charge in [-0.15, -0.1) is 0 Å². The van der Waals surface area contributed by atoms with E-state index in [-0.39, 0.29) is 12.7 Å². The van der Waals surface area contributed by atoms with Crippen LogP contribution in [0.4, 0.5) is 4.79 Å². The summed E-state index contributed by atoms with van der Waals surface area (Å²) in [6, 6.07) is 7.71. The highest BCUT2D eigenvalue weighted by Gasteiger charge is 2.22. The molecule has 94 valence electrons. The van der Waals surface area contributed by atoms with Crippen LogP contribution in [0.5, 0.6) is 0 Å². The fourth-order valence-corrected chi connectivity index (χ4v) is 1.77. The lowest BCUT2D eigenvalue weighted by atomic mass is 10.1. The molecule has 1 saturated heterocycles. The number of rotatable bonds is 3.